The average Bonchev–Trinajstić information content (AvgIpc) is 2.76. The van der Waals surface area contributed by atoms with Crippen molar-refractivity contribution in [2.24, 2.45) is 0 Å². The van der Waals surface area contributed by atoms with Crippen LogP contribution in [0.2, 0.25) is 5.02 Å². The van der Waals surface area contributed by atoms with Crippen molar-refractivity contribution in [3.63, 3.8) is 0 Å². The number of likely N-dealkylation sites (N-methyl/N-ethyl adjacent to an activating group) is 1. The molecule has 0 aliphatic carbocycles. The summed E-state index contributed by atoms with van der Waals surface area (Å²) in [5.74, 6) is -1.80. The number of aromatic amines is 1. The number of carbonyl (C=O) groups excluding carboxylic acids is 3. The third-order valence-electron chi connectivity index (χ3n) is 4.58. The van der Waals surface area contributed by atoms with Gasteiger partial charge in [-0.2, -0.15) is 0 Å². The van der Waals surface area contributed by atoms with Crippen molar-refractivity contribution in [1.29, 1.82) is 0 Å². The molecule has 0 aliphatic rings. The molecule has 2 amide bonds. The van der Waals surface area contributed by atoms with Crippen LogP contribution in [0.1, 0.15) is 15.9 Å². The van der Waals surface area contributed by atoms with E-state index < -0.39 is 30.4 Å². The Hall–Kier alpha value is -3.65. The molecule has 0 fully saturated rings. The number of para-hydroxylation sites is 1. The van der Waals surface area contributed by atoms with Gasteiger partial charge < -0.3 is 20.4 Å². The molecule has 0 radical (unpaired) electrons. The first kappa shape index (κ1) is 22.0. The number of benzene rings is 2. The second-order valence-electron chi connectivity index (χ2n) is 6.72. The Bertz CT molecular complexity index is 1170. The summed E-state index contributed by atoms with van der Waals surface area (Å²) in [6.07, 6.45) is -0.00363. The van der Waals surface area contributed by atoms with Crippen LogP contribution in [0.5, 0.6) is 0 Å². The first-order valence-corrected chi connectivity index (χ1v) is 9.80. The van der Waals surface area contributed by atoms with Crippen LogP contribution >= 0.6 is 11.6 Å². The second kappa shape index (κ2) is 9.90. The summed E-state index contributed by atoms with van der Waals surface area (Å²) in [7, 11) is 1.42. The van der Waals surface area contributed by atoms with Gasteiger partial charge in [-0.05, 0) is 35.9 Å². The van der Waals surface area contributed by atoms with Crippen LogP contribution in [-0.4, -0.2) is 42.5 Å². The van der Waals surface area contributed by atoms with Gasteiger partial charge in [0.05, 0.1) is 0 Å². The molecule has 0 saturated heterocycles. The largest absolute Gasteiger partial charge is 0.454 e. The highest BCUT2D eigenvalue weighted by atomic mass is 35.5. The van der Waals surface area contributed by atoms with E-state index in [1.54, 1.807) is 36.4 Å². The van der Waals surface area contributed by atoms with Crippen molar-refractivity contribution in [2.75, 3.05) is 13.7 Å². The molecule has 3 N–H and O–H groups in total. The predicted octanol–water partition coefficient (Wildman–Crippen LogP) is 1.81. The zero-order chi connectivity index (χ0) is 22.4. The number of rotatable bonds is 7. The van der Waals surface area contributed by atoms with E-state index >= 15 is 0 Å². The van der Waals surface area contributed by atoms with Gasteiger partial charge in [-0.3, -0.25) is 14.4 Å². The lowest BCUT2D eigenvalue weighted by Gasteiger charge is -2.18. The van der Waals surface area contributed by atoms with Crippen molar-refractivity contribution in [2.45, 2.75) is 12.5 Å². The number of esters is 1. The first-order valence-electron chi connectivity index (χ1n) is 9.42. The van der Waals surface area contributed by atoms with Gasteiger partial charge in [0.1, 0.15) is 6.04 Å². The number of pyridine rings is 1. The SMILES string of the molecule is CNC(=O)COC(=O)C(Cc1cc(=O)[nH]c2ccccc12)NC(=O)c1ccc(Cl)cc1. The van der Waals surface area contributed by atoms with Crippen molar-refractivity contribution in [1.82, 2.24) is 15.6 Å². The van der Waals surface area contributed by atoms with E-state index in [4.69, 9.17) is 16.3 Å². The molecular formula is C22H20ClN3O5. The van der Waals surface area contributed by atoms with E-state index in [-0.39, 0.29) is 12.0 Å². The number of fused-ring (bicyclic) bond motifs is 1. The highest BCUT2D eigenvalue weighted by Crippen LogP contribution is 2.17. The summed E-state index contributed by atoms with van der Waals surface area (Å²) in [4.78, 5) is 51.6. The molecule has 2 aromatic carbocycles. The van der Waals surface area contributed by atoms with Gasteiger partial charge >= 0.3 is 5.97 Å². The minimum atomic E-state index is -1.13. The maximum Gasteiger partial charge on any atom is 0.329 e. The van der Waals surface area contributed by atoms with Gasteiger partial charge in [-0.1, -0.05) is 29.8 Å². The van der Waals surface area contributed by atoms with Crippen LogP contribution in [0.4, 0.5) is 0 Å². The van der Waals surface area contributed by atoms with E-state index in [1.807, 2.05) is 0 Å². The Balaban J connectivity index is 1.89. The lowest BCUT2D eigenvalue weighted by Crippen LogP contribution is -2.44. The summed E-state index contributed by atoms with van der Waals surface area (Å²) in [6.45, 7) is -0.487. The quantitative estimate of drug-likeness (QED) is 0.483. The summed E-state index contributed by atoms with van der Waals surface area (Å²) in [5, 5.41) is 6.17. The number of aromatic nitrogens is 1. The Labute approximate surface area is 182 Å². The highest BCUT2D eigenvalue weighted by molar-refractivity contribution is 6.30. The Morgan fingerprint density at radius 1 is 1.10 bits per heavy atom. The van der Waals surface area contributed by atoms with Crippen LogP contribution in [0, 0.1) is 0 Å². The number of H-pyrrole nitrogens is 1. The van der Waals surface area contributed by atoms with Gasteiger partial charge in [0.25, 0.3) is 11.8 Å². The highest BCUT2D eigenvalue weighted by Gasteiger charge is 2.25. The Morgan fingerprint density at radius 3 is 2.52 bits per heavy atom. The Kier molecular flexibility index (Phi) is 7.04. The molecule has 1 atom stereocenters. The van der Waals surface area contributed by atoms with Gasteiger partial charge in [0, 0.05) is 41.0 Å². The van der Waals surface area contributed by atoms with Gasteiger partial charge in [0.15, 0.2) is 6.61 Å². The lowest BCUT2D eigenvalue weighted by atomic mass is 10.0. The summed E-state index contributed by atoms with van der Waals surface area (Å²) >= 11 is 5.86. The van der Waals surface area contributed by atoms with E-state index in [0.29, 0.717) is 21.7 Å². The van der Waals surface area contributed by atoms with E-state index in [1.165, 1.54) is 25.2 Å². The molecule has 1 unspecified atom stereocenters. The van der Waals surface area contributed by atoms with Crippen molar-refractivity contribution in [3.8, 4) is 0 Å². The standard InChI is InChI=1S/C22H20ClN3O5/c1-24-20(28)12-31-22(30)18(26-21(29)13-6-8-15(23)9-7-13)10-14-11-19(27)25-17-5-3-2-4-16(14)17/h2-9,11,18H,10,12H2,1H3,(H,24,28)(H,25,27)(H,26,29). The molecule has 0 bridgehead atoms. The maximum absolute atomic E-state index is 12.7. The fourth-order valence-corrected chi connectivity index (χ4v) is 3.14. The third-order valence-corrected chi connectivity index (χ3v) is 4.83. The van der Waals surface area contributed by atoms with Crippen molar-refractivity contribution < 1.29 is 19.1 Å². The lowest BCUT2D eigenvalue weighted by molar-refractivity contribution is -0.150. The van der Waals surface area contributed by atoms with Crippen LogP contribution in [-0.2, 0) is 20.7 Å². The number of nitrogens with one attached hydrogen (secondary N) is 3. The number of halogens is 1. The summed E-state index contributed by atoms with van der Waals surface area (Å²) in [5.41, 5.74) is 1.11. The second-order valence-corrected chi connectivity index (χ2v) is 7.16. The van der Waals surface area contributed by atoms with Crippen LogP contribution in [0.15, 0.2) is 59.4 Å². The molecule has 9 heteroatoms. The Morgan fingerprint density at radius 2 is 1.81 bits per heavy atom. The first-order chi connectivity index (χ1) is 14.9. The molecule has 31 heavy (non-hydrogen) atoms. The molecule has 1 heterocycles. The molecule has 160 valence electrons. The van der Waals surface area contributed by atoms with E-state index in [2.05, 4.69) is 15.6 Å². The normalized spacial score (nSPS) is 11.5. The van der Waals surface area contributed by atoms with Crippen LogP contribution in [0.25, 0.3) is 10.9 Å². The molecular weight excluding hydrogens is 422 g/mol. The molecule has 0 aliphatic heterocycles. The third kappa shape index (κ3) is 5.70. The van der Waals surface area contributed by atoms with Crippen LogP contribution < -0.4 is 16.2 Å². The summed E-state index contributed by atoms with van der Waals surface area (Å²) < 4.78 is 5.05. The van der Waals surface area contributed by atoms with Gasteiger partial charge in [-0.25, -0.2) is 4.79 Å². The zero-order valence-electron chi connectivity index (χ0n) is 16.6. The monoisotopic (exact) mass is 441 g/mol. The number of carbonyl (C=O) groups is 3. The topological polar surface area (TPSA) is 117 Å². The maximum atomic E-state index is 12.7. The number of hydrogen-bond donors (Lipinski definition) is 3. The number of amides is 2. The smallest absolute Gasteiger partial charge is 0.329 e. The van der Waals surface area contributed by atoms with Crippen molar-refractivity contribution >= 4 is 40.3 Å². The molecule has 3 rings (SSSR count). The number of ether oxygens (including phenoxy) is 1. The average molecular weight is 442 g/mol. The van der Waals surface area contributed by atoms with E-state index in [0.717, 1.165) is 5.39 Å². The van der Waals surface area contributed by atoms with E-state index in [9.17, 15) is 19.2 Å². The molecule has 1 aromatic heterocycles. The van der Waals surface area contributed by atoms with Gasteiger partial charge in [0.2, 0.25) is 5.56 Å². The fraction of sp³-hybridized carbons (Fsp3) is 0.182. The fourth-order valence-electron chi connectivity index (χ4n) is 3.01. The van der Waals surface area contributed by atoms with Crippen molar-refractivity contribution in [3.05, 3.63) is 81.1 Å². The summed E-state index contributed by atoms with van der Waals surface area (Å²) in [6, 6.07) is 13.5. The van der Waals surface area contributed by atoms with Crippen LogP contribution in [0.3, 0.4) is 0 Å². The molecule has 3 aromatic rings. The minimum absolute atomic E-state index is 0.00363. The molecule has 8 nitrogen and oxygen atoms in total. The van der Waals surface area contributed by atoms with Gasteiger partial charge in [-0.15, -0.1) is 0 Å². The molecule has 0 spiro atoms. The molecule has 0 saturated carbocycles. The predicted molar refractivity (Wildman–Crippen MR) is 116 cm³/mol. The minimum Gasteiger partial charge on any atom is -0.454 e. The number of hydrogen-bond acceptors (Lipinski definition) is 5. The zero-order valence-corrected chi connectivity index (χ0v) is 17.4.